The van der Waals surface area contributed by atoms with E-state index in [-0.39, 0.29) is 16.6 Å². The molecule has 2 nitrogen and oxygen atoms in total. The van der Waals surface area contributed by atoms with E-state index in [4.69, 9.17) is 0 Å². The molecule has 0 aromatic heterocycles. The van der Waals surface area contributed by atoms with Crippen LogP contribution in [0.5, 0.6) is 0 Å². The second kappa shape index (κ2) is 12.6. The zero-order chi connectivity index (χ0) is 28.1. The van der Waals surface area contributed by atoms with Crippen molar-refractivity contribution in [1.82, 2.24) is 9.80 Å². The third-order valence-corrected chi connectivity index (χ3v) is 7.75. The van der Waals surface area contributed by atoms with E-state index in [2.05, 4.69) is 95.5 Å². The first-order valence-electron chi connectivity index (χ1n) is 14.1. The predicted octanol–water partition coefficient (Wildman–Crippen LogP) is 8.46. The van der Waals surface area contributed by atoms with Gasteiger partial charge < -0.3 is 0 Å². The van der Waals surface area contributed by atoms with Gasteiger partial charge in [-0.2, -0.15) is 0 Å². The summed E-state index contributed by atoms with van der Waals surface area (Å²) < 4.78 is 15.3. The van der Waals surface area contributed by atoms with Crippen molar-refractivity contribution >= 4 is 6.08 Å². The summed E-state index contributed by atoms with van der Waals surface area (Å²) in [6.07, 6.45) is 7.74. The van der Waals surface area contributed by atoms with Gasteiger partial charge in [0.2, 0.25) is 0 Å². The van der Waals surface area contributed by atoms with Crippen molar-refractivity contribution in [1.29, 1.82) is 0 Å². The van der Waals surface area contributed by atoms with Crippen LogP contribution < -0.4 is 0 Å². The van der Waals surface area contributed by atoms with Crippen molar-refractivity contribution in [2.45, 2.75) is 79.4 Å². The minimum Gasteiger partial charge on any atom is -0.298 e. The van der Waals surface area contributed by atoms with Crippen LogP contribution in [0.1, 0.15) is 75.3 Å². The maximum Gasteiger partial charge on any atom is 0.126 e. The molecule has 1 saturated carbocycles. The van der Waals surface area contributed by atoms with Crippen molar-refractivity contribution < 1.29 is 4.39 Å². The molecule has 0 radical (unpaired) electrons. The van der Waals surface area contributed by atoms with Gasteiger partial charge in [0.25, 0.3) is 0 Å². The number of likely N-dealkylation sites (N-methyl/N-ethyl adjacent to an activating group) is 1. The largest absolute Gasteiger partial charge is 0.298 e. The summed E-state index contributed by atoms with van der Waals surface area (Å²) in [6, 6.07) is 12.7. The van der Waals surface area contributed by atoms with Gasteiger partial charge in [0, 0.05) is 32.2 Å². The Kier molecular flexibility index (Phi) is 9.95. The van der Waals surface area contributed by atoms with Crippen LogP contribution in [-0.2, 0) is 25.9 Å². The Morgan fingerprint density at radius 1 is 0.974 bits per heavy atom. The minimum atomic E-state index is -0.106. The molecular weight excluding hydrogens is 467 g/mol. The first kappa shape index (κ1) is 30.1. The molecule has 1 unspecified atom stereocenters. The average Bonchev–Trinajstić information content (AvgIpc) is 2.81. The van der Waals surface area contributed by atoms with Gasteiger partial charge in [0.1, 0.15) is 5.82 Å². The molecule has 2 aromatic rings. The van der Waals surface area contributed by atoms with Crippen LogP contribution in [0.3, 0.4) is 0 Å². The van der Waals surface area contributed by atoms with Gasteiger partial charge in [-0.25, -0.2) is 4.39 Å². The Morgan fingerprint density at radius 3 is 2.24 bits per heavy atom. The van der Waals surface area contributed by atoms with Gasteiger partial charge in [-0.15, -0.1) is 6.58 Å². The number of hydrogen-bond acceptors (Lipinski definition) is 2. The average molecular weight is 517 g/mol. The van der Waals surface area contributed by atoms with Crippen LogP contribution in [0.2, 0.25) is 0 Å². The Labute approximate surface area is 231 Å². The third kappa shape index (κ3) is 8.25. The summed E-state index contributed by atoms with van der Waals surface area (Å²) in [7, 11) is 2.18. The number of nitrogens with zero attached hydrogens (tertiary/aromatic N) is 2. The van der Waals surface area contributed by atoms with Gasteiger partial charge >= 0.3 is 0 Å². The molecule has 1 aliphatic carbocycles. The Bertz CT molecular complexity index is 1140. The smallest absolute Gasteiger partial charge is 0.126 e. The van der Waals surface area contributed by atoms with Gasteiger partial charge in [0.15, 0.2) is 0 Å². The predicted molar refractivity (Wildman–Crippen MR) is 163 cm³/mol. The highest BCUT2D eigenvalue weighted by atomic mass is 19.1. The lowest BCUT2D eigenvalue weighted by Crippen LogP contribution is -2.38. The standard InChI is InChI=1S/C35H49FN2/c1-10-28-13-12-14-29(31(28)23-37(9)33-20-15-26(33)3)18-19-30-17-16-27(21-32(30)36)22-38(24-34(4,5)6)25-35(7,8)11-2/h10-14,16-17,21,33H,1-3,15,18-20,22-25H2,4-9H3. The molecule has 0 N–H and O–H groups in total. The maximum absolute atomic E-state index is 15.3. The normalized spacial score (nSPS) is 16.1. The maximum atomic E-state index is 15.3. The molecule has 1 atom stereocenters. The molecule has 1 fully saturated rings. The Balaban J connectivity index is 1.73. The van der Waals surface area contributed by atoms with E-state index < -0.39 is 0 Å². The molecule has 0 spiro atoms. The molecule has 0 bridgehead atoms. The number of aryl methyl sites for hydroxylation is 2. The van der Waals surface area contributed by atoms with Crippen LogP contribution in [0.4, 0.5) is 4.39 Å². The molecule has 3 heteroatoms. The van der Waals surface area contributed by atoms with Crippen LogP contribution in [0, 0.1) is 16.6 Å². The van der Waals surface area contributed by atoms with Crippen molar-refractivity contribution in [2.75, 3.05) is 20.1 Å². The summed E-state index contributed by atoms with van der Waals surface area (Å²) in [5, 5.41) is 0. The minimum absolute atomic E-state index is 0.00135. The fraction of sp³-hybridized carbons (Fsp3) is 0.486. The summed E-state index contributed by atoms with van der Waals surface area (Å²) in [5.74, 6) is -0.106. The Morgan fingerprint density at radius 2 is 1.68 bits per heavy atom. The second-order valence-corrected chi connectivity index (χ2v) is 13.1. The molecule has 0 heterocycles. The van der Waals surface area contributed by atoms with E-state index >= 15 is 4.39 Å². The number of hydrogen-bond donors (Lipinski definition) is 0. The van der Waals surface area contributed by atoms with Gasteiger partial charge in [-0.3, -0.25) is 9.80 Å². The topological polar surface area (TPSA) is 6.48 Å². The van der Waals surface area contributed by atoms with Crippen molar-refractivity contribution in [2.24, 2.45) is 10.8 Å². The molecule has 1 aliphatic rings. The van der Waals surface area contributed by atoms with Crippen LogP contribution >= 0.6 is 0 Å². The summed E-state index contributed by atoms with van der Waals surface area (Å²) >= 11 is 0. The quantitative estimate of drug-likeness (QED) is 0.246. The van der Waals surface area contributed by atoms with E-state index in [9.17, 15) is 0 Å². The van der Waals surface area contributed by atoms with Crippen LogP contribution in [0.15, 0.2) is 67.8 Å². The molecular formula is C35H49FN2. The Hall–Kier alpha value is -2.49. The lowest BCUT2D eigenvalue weighted by atomic mass is 9.85. The molecule has 38 heavy (non-hydrogen) atoms. The number of halogens is 1. The van der Waals surface area contributed by atoms with Crippen LogP contribution in [0.25, 0.3) is 6.08 Å². The van der Waals surface area contributed by atoms with Crippen molar-refractivity contribution in [3.05, 3.63) is 101 Å². The first-order chi connectivity index (χ1) is 17.8. The van der Waals surface area contributed by atoms with Gasteiger partial charge in [0.05, 0.1) is 0 Å². The van der Waals surface area contributed by atoms with Crippen LogP contribution in [-0.4, -0.2) is 36.0 Å². The second-order valence-electron chi connectivity index (χ2n) is 13.1. The lowest BCUT2D eigenvalue weighted by Gasteiger charge is -2.37. The molecule has 0 amide bonds. The van der Waals surface area contributed by atoms with Gasteiger partial charge in [-0.05, 0) is 77.4 Å². The van der Waals surface area contributed by atoms with Crippen molar-refractivity contribution in [3.63, 3.8) is 0 Å². The highest BCUT2D eigenvalue weighted by Gasteiger charge is 2.27. The molecule has 0 saturated heterocycles. The number of benzene rings is 2. The fourth-order valence-electron chi connectivity index (χ4n) is 5.54. The molecule has 0 aliphatic heterocycles. The van der Waals surface area contributed by atoms with Gasteiger partial charge in [-0.1, -0.05) is 95.8 Å². The first-order valence-corrected chi connectivity index (χ1v) is 14.1. The highest BCUT2D eigenvalue weighted by Crippen LogP contribution is 2.31. The van der Waals surface area contributed by atoms with E-state index in [1.54, 1.807) is 6.07 Å². The summed E-state index contributed by atoms with van der Waals surface area (Å²) in [6.45, 7) is 26.8. The summed E-state index contributed by atoms with van der Waals surface area (Å²) in [5.41, 5.74) is 7.01. The molecule has 2 aromatic carbocycles. The summed E-state index contributed by atoms with van der Waals surface area (Å²) in [4.78, 5) is 4.82. The lowest BCUT2D eigenvalue weighted by molar-refractivity contribution is 0.145. The molecule has 206 valence electrons. The fourth-order valence-corrected chi connectivity index (χ4v) is 5.54. The highest BCUT2D eigenvalue weighted by molar-refractivity contribution is 5.54. The van der Waals surface area contributed by atoms with E-state index in [0.717, 1.165) is 55.7 Å². The SMILES string of the molecule is C=Cc1cccc(CCc2ccc(CN(CC(C)(C)C)CC(C)(C)C=C)cc2F)c1CN(C)C1CCC1=C. The monoisotopic (exact) mass is 516 g/mol. The van der Waals surface area contributed by atoms with E-state index in [1.165, 1.54) is 23.1 Å². The van der Waals surface area contributed by atoms with E-state index in [1.807, 2.05) is 18.2 Å². The zero-order valence-electron chi connectivity index (χ0n) is 24.7. The third-order valence-electron chi connectivity index (χ3n) is 7.75. The number of rotatable bonds is 13. The van der Waals surface area contributed by atoms with E-state index in [0.29, 0.717) is 12.5 Å². The van der Waals surface area contributed by atoms with Crippen molar-refractivity contribution in [3.8, 4) is 0 Å². The zero-order valence-corrected chi connectivity index (χ0v) is 24.7. The molecule has 3 rings (SSSR count).